The summed E-state index contributed by atoms with van der Waals surface area (Å²) in [5.41, 5.74) is -2.59. The van der Waals surface area contributed by atoms with Crippen molar-refractivity contribution in [1.82, 2.24) is 10.6 Å². The minimum atomic E-state index is -8.17. The van der Waals surface area contributed by atoms with Crippen LogP contribution in [0.1, 0.15) is 13.8 Å². The normalized spacial score (nSPS) is 15.7. The second-order valence-corrected chi connectivity index (χ2v) is 9.97. The summed E-state index contributed by atoms with van der Waals surface area (Å²) in [7, 11) is 0. The van der Waals surface area contributed by atoms with Crippen molar-refractivity contribution in [3.05, 3.63) is 0 Å². The maximum Gasteiger partial charge on any atom is 0.392 e. The fraction of sp³-hybridized carbons (Fsp3) is 0.895. The minimum absolute atomic E-state index is 0.359. The fourth-order valence-corrected chi connectivity index (χ4v) is 2.69. The summed E-state index contributed by atoms with van der Waals surface area (Å²) in [4.78, 5) is 22.9. The summed E-state index contributed by atoms with van der Waals surface area (Å²) in [5, 5.41) is 0.950. The van der Waals surface area contributed by atoms with E-state index in [4.69, 9.17) is 0 Å². The number of nitrogens with one attached hydrogen (secondary N) is 2. The zero-order chi connectivity index (χ0) is 38.6. The molecule has 0 bridgehead atoms. The molecule has 0 unspecified atom stereocenters. The Morgan fingerprint density at radius 1 is 0.426 bits per heavy atom. The van der Waals surface area contributed by atoms with Gasteiger partial charge in [-0.05, 0) is 5.41 Å². The van der Waals surface area contributed by atoms with E-state index in [0.29, 0.717) is 24.5 Å². The minimum Gasteiger partial charge on any atom is -0.350 e. The molecule has 0 aliphatic carbocycles. The van der Waals surface area contributed by atoms with E-state index < -0.39 is 102 Å². The molecule has 0 rings (SSSR count). The molecule has 0 aromatic carbocycles. The van der Waals surface area contributed by atoms with Gasteiger partial charge in [0, 0.05) is 13.1 Å². The number of hydrogen-bond acceptors (Lipinski definition) is 2. The molecule has 0 spiro atoms. The van der Waals surface area contributed by atoms with Gasteiger partial charge in [-0.2, -0.15) is 87.8 Å². The molecule has 0 atom stereocenters. The van der Waals surface area contributed by atoms with Crippen molar-refractivity contribution in [2.75, 3.05) is 13.1 Å². The van der Waals surface area contributed by atoms with Crippen LogP contribution in [-0.4, -0.2) is 97.0 Å². The number of amides is 2. The van der Waals surface area contributed by atoms with Gasteiger partial charge in [0.2, 0.25) is 0 Å². The fourth-order valence-electron chi connectivity index (χ4n) is 2.69. The Labute approximate surface area is 243 Å². The Balaban J connectivity index is 6.04. The van der Waals surface area contributed by atoms with Gasteiger partial charge in [0.15, 0.2) is 0 Å². The standard InChI is InChI=1S/C19H14F24N2O2/c1-9(2,3-44-7(46)12(28,29)16(36,37)18(40,41)14(32,33)10(24,25)5(20)21)4-45-8(47)13(30,31)17(38,39)19(42,43)15(34,35)11(26,27)6(22)23/h5-6H,3-4H2,1-2H3,(H,44,46)(H,45,47). The van der Waals surface area contributed by atoms with Crippen LogP contribution < -0.4 is 10.6 Å². The van der Waals surface area contributed by atoms with E-state index in [1.165, 1.54) is 0 Å². The van der Waals surface area contributed by atoms with Crippen LogP contribution in [0.3, 0.4) is 0 Å². The van der Waals surface area contributed by atoms with Crippen molar-refractivity contribution in [3.63, 3.8) is 0 Å². The lowest BCUT2D eigenvalue weighted by Gasteiger charge is -2.39. The van der Waals surface area contributed by atoms with Crippen LogP contribution >= 0.6 is 0 Å². The first kappa shape index (κ1) is 44.3. The van der Waals surface area contributed by atoms with Gasteiger partial charge in [0.1, 0.15) is 0 Å². The highest BCUT2D eigenvalue weighted by Crippen LogP contribution is 2.59. The van der Waals surface area contributed by atoms with Crippen molar-refractivity contribution in [1.29, 1.82) is 0 Å². The highest BCUT2D eigenvalue weighted by molar-refractivity contribution is 5.85. The molecule has 0 aliphatic heterocycles. The van der Waals surface area contributed by atoms with Crippen molar-refractivity contribution >= 4 is 11.8 Å². The average molecular weight is 758 g/mol. The summed E-state index contributed by atoms with van der Waals surface area (Å²) in [6.07, 6.45) is -11.8. The molecule has 0 aliphatic rings. The number of halogens is 24. The van der Waals surface area contributed by atoms with Gasteiger partial charge in [-0.1, -0.05) is 13.8 Å². The van der Waals surface area contributed by atoms with E-state index in [9.17, 15) is 115 Å². The summed E-state index contributed by atoms with van der Waals surface area (Å²) < 4.78 is 317. The van der Waals surface area contributed by atoms with Crippen molar-refractivity contribution in [2.24, 2.45) is 5.41 Å². The number of carbonyl (C=O) groups is 2. The molecule has 0 radical (unpaired) electrons. The van der Waals surface area contributed by atoms with Crippen LogP contribution in [0, 0.1) is 5.41 Å². The number of carbonyl (C=O) groups excluding carboxylic acids is 2. The van der Waals surface area contributed by atoms with Gasteiger partial charge in [-0.15, -0.1) is 0 Å². The molecule has 0 fully saturated rings. The van der Waals surface area contributed by atoms with Gasteiger partial charge in [-0.25, -0.2) is 17.6 Å². The molecule has 2 amide bonds. The molecular formula is C19H14F24N2O2. The molecule has 0 aromatic heterocycles. The lowest BCUT2D eigenvalue weighted by molar-refractivity contribution is -0.407. The first-order valence-electron chi connectivity index (χ1n) is 11.1. The highest BCUT2D eigenvalue weighted by Gasteiger charge is 2.90. The van der Waals surface area contributed by atoms with E-state index >= 15 is 0 Å². The van der Waals surface area contributed by atoms with Crippen LogP contribution in [0.2, 0.25) is 0 Å². The lowest BCUT2D eigenvalue weighted by Crippen LogP contribution is -2.71. The van der Waals surface area contributed by atoms with E-state index in [1.807, 2.05) is 0 Å². The van der Waals surface area contributed by atoms with Crippen molar-refractivity contribution in [3.8, 4) is 0 Å². The van der Waals surface area contributed by atoms with Crippen LogP contribution in [-0.2, 0) is 9.59 Å². The topological polar surface area (TPSA) is 58.2 Å². The predicted octanol–water partition coefficient (Wildman–Crippen LogP) is 7.13. The average Bonchev–Trinajstić information content (AvgIpc) is 2.88. The second-order valence-electron chi connectivity index (χ2n) is 9.97. The predicted molar refractivity (Wildman–Crippen MR) is 101 cm³/mol. The van der Waals surface area contributed by atoms with Gasteiger partial charge in [-0.3, -0.25) is 9.59 Å². The molecule has 0 heterocycles. The van der Waals surface area contributed by atoms with E-state index in [0.717, 1.165) is 0 Å². The number of rotatable bonds is 16. The largest absolute Gasteiger partial charge is 0.392 e. The maximum atomic E-state index is 13.8. The quantitative estimate of drug-likeness (QED) is 0.165. The Morgan fingerprint density at radius 2 is 0.638 bits per heavy atom. The van der Waals surface area contributed by atoms with Crippen LogP contribution in [0.15, 0.2) is 0 Å². The van der Waals surface area contributed by atoms with E-state index in [-0.39, 0.29) is 0 Å². The third kappa shape index (κ3) is 6.65. The van der Waals surface area contributed by atoms with Crippen molar-refractivity contribution < 1.29 is 115 Å². The first-order chi connectivity index (χ1) is 20.1. The van der Waals surface area contributed by atoms with Crippen LogP contribution in [0.25, 0.3) is 0 Å². The molecule has 47 heavy (non-hydrogen) atoms. The molecule has 28 heteroatoms. The third-order valence-corrected chi connectivity index (χ3v) is 5.78. The van der Waals surface area contributed by atoms with Crippen LogP contribution in [0.4, 0.5) is 105 Å². The Kier molecular flexibility index (Phi) is 11.6. The summed E-state index contributed by atoms with van der Waals surface area (Å²) in [5.74, 6) is -85.4. The Morgan fingerprint density at radius 3 is 0.830 bits per heavy atom. The third-order valence-electron chi connectivity index (χ3n) is 5.78. The molecule has 0 saturated carbocycles. The monoisotopic (exact) mass is 758 g/mol. The van der Waals surface area contributed by atoms with E-state index in [2.05, 4.69) is 0 Å². The molecule has 0 aromatic rings. The Hall–Kier alpha value is -2.74. The Bertz CT molecular complexity index is 1060. The smallest absolute Gasteiger partial charge is 0.350 e. The second kappa shape index (κ2) is 12.3. The zero-order valence-corrected chi connectivity index (χ0v) is 22.0. The number of hydrogen-bond donors (Lipinski definition) is 2. The molecule has 2 N–H and O–H groups in total. The van der Waals surface area contributed by atoms with Gasteiger partial charge < -0.3 is 10.6 Å². The molecule has 280 valence electrons. The van der Waals surface area contributed by atoms with E-state index in [1.54, 1.807) is 0 Å². The molecule has 4 nitrogen and oxygen atoms in total. The summed E-state index contributed by atoms with van der Waals surface area (Å²) in [6.45, 7) is -3.11. The SMILES string of the molecule is CC(C)(CNC(=O)C(F)(F)C(F)(F)C(F)(F)C(F)(F)C(F)(F)C(F)F)CNC(=O)C(F)(F)C(F)(F)C(F)(F)C(F)(F)C(F)(F)C(F)F. The summed E-state index contributed by atoms with van der Waals surface area (Å²) >= 11 is 0. The van der Waals surface area contributed by atoms with Gasteiger partial charge in [0.25, 0.3) is 11.8 Å². The summed E-state index contributed by atoms with van der Waals surface area (Å²) in [6, 6.07) is 0. The molecular weight excluding hydrogens is 744 g/mol. The number of alkyl halides is 24. The zero-order valence-electron chi connectivity index (χ0n) is 22.0. The lowest BCUT2D eigenvalue weighted by atomic mass is 9.91. The van der Waals surface area contributed by atoms with Crippen LogP contribution in [0.5, 0.6) is 0 Å². The highest BCUT2D eigenvalue weighted by atomic mass is 19.4. The van der Waals surface area contributed by atoms with Gasteiger partial charge in [0.05, 0.1) is 0 Å². The van der Waals surface area contributed by atoms with Gasteiger partial charge >= 0.3 is 72.1 Å². The first-order valence-corrected chi connectivity index (χ1v) is 11.1. The molecule has 0 saturated heterocycles. The maximum absolute atomic E-state index is 13.8. The van der Waals surface area contributed by atoms with Crippen molar-refractivity contribution in [2.45, 2.75) is 85.9 Å².